The Kier molecular flexibility index (Phi) is 3.72. The maximum Gasteiger partial charge on any atom is 0.326 e. The molecule has 0 aliphatic carbocycles. The standard InChI is InChI=1S/C7H11N3O5/c1-3-8-5(14-4(2)11)10-6(9-3)15-7(12)13/h4,7,11-13H,1-2H3. The fraction of sp³-hybridized carbons (Fsp3) is 0.571. The lowest BCUT2D eigenvalue weighted by molar-refractivity contribution is -0.183. The Labute approximate surface area is 85.2 Å². The van der Waals surface area contributed by atoms with Gasteiger partial charge in [-0.3, -0.25) is 0 Å². The van der Waals surface area contributed by atoms with Crippen LogP contribution in [0.4, 0.5) is 0 Å². The molecule has 8 nitrogen and oxygen atoms in total. The molecule has 8 heteroatoms. The van der Waals surface area contributed by atoms with Crippen LogP contribution >= 0.6 is 0 Å². The van der Waals surface area contributed by atoms with Crippen LogP contribution in [0.2, 0.25) is 0 Å². The zero-order valence-electron chi connectivity index (χ0n) is 8.15. The van der Waals surface area contributed by atoms with E-state index in [1.54, 1.807) is 0 Å². The Hall–Kier alpha value is -1.51. The second-order valence-electron chi connectivity index (χ2n) is 2.61. The van der Waals surface area contributed by atoms with Gasteiger partial charge in [0.05, 0.1) is 0 Å². The van der Waals surface area contributed by atoms with E-state index in [2.05, 4.69) is 19.7 Å². The topological polar surface area (TPSA) is 118 Å². The number of nitrogens with zero attached hydrogens (tertiary/aromatic N) is 3. The molecule has 0 aromatic carbocycles. The fourth-order valence-corrected chi connectivity index (χ4v) is 0.786. The van der Waals surface area contributed by atoms with E-state index < -0.39 is 12.8 Å². The third-order valence-electron chi connectivity index (χ3n) is 1.19. The second kappa shape index (κ2) is 4.82. The van der Waals surface area contributed by atoms with Crippen molar-refractivity contribution in [1.82, 2.24) is 15.0 Å². The Balaban J connectivity index is 2.84. The number of hydrogen-bond donors (Lipinski definition) is 3. The summed E-state index contributed by atoms with van der Waals surface area (Å²) in [6.45, 7) is 0.888. The van der Waals surface area contributed by atoms with Crippen LogP contribution < -0.4 is 9.47 Å². The maximum absolute atomic E-state index is 8.91. The number of aromatic nitrogens is 3. The van der Waals surface area contributed by atoms with Crippen LogP contribution in [0.5, 0.6) is 12.0 Å². The zero-order chi connectivity index (χ0) is 11.4. The molecular weight excluding hydrogens is 206 g/mol. The Morgan fingerprint density at radius 2 is 1.53 bits per heavy atom. The van der Waals surface area contributed by atoms with Crippen LogP contribution in [0, 0.1) is 6.92 Å². The van der Waals surface area contributed by atoms with Crippen molar-refractivity contribution >= 4 is 0 Å². The van der Waals surface area contributed by atoms with Gasteiger partial charge in [-0.1, -0.05) is 0 Å². The molecule has 1 rings (SSSR count). The summed E-state index contributed by atoms with van der Waals surface area (Å²) in [6, 6.07) is -0.457. The summed E-state index contributed by atoms with van der Waals surface area (Å²) in [5.74, 6) is 0.260. The highest BCUT2D eigenvalue weighted by Crippen LogP contribution is 2.10. The molecule has 0 aliphatic rings. The van der Waals surface area contributed by atoms with Crippen molar-refractivity contribution in [2.24, 2.45) is 0 Å². The monoisotopic (exact) mass is 217 g/mol. The van der Waals surface area contributed by atoms with Gasteiger partial charge in [0, 0.05) is 0 Å². The maximum atomic E-state index is 8.91. The van der Waals surface area contributed by atoms with Crippen LogP contribution in [0.1, 0.15) is 12.7 Å². The van der Waals surface area contributed by atoms with Gasteiger partial charge < -0.3 is 24.8 Å². The second-order valence-corrected chi connectivity index (χ2v) is 2.61. The molecule has 1 heterocycles. The van der Waals surface area contributed by atoms with Crippen LogP contribution in [-0.4, -0.2) is 43.0 Å². The molecule has 1 aromatic rings. The third kappa shape index (κ3) is 4.02. The molecular formula is C7H11N3O5. The van der Waals surface area contributed by atoms with Crippen molar-refractivity contribution in [3.63, 3.8) is 0 Å². The molecule has 1 atom stereocenters. The van der Waals surface area contributed by atoms with Gasteiger partial charge in [-0.25, -0.2) is 0 Å². The smallest absolute Gasteiger partial charge is 0.326 e. The summed E-state index contributed by atoms with van der Waals surface area (Å²) in [6.07, 6.45) is -1.08. The molecule has 0 spiro atoms. The molecule has 1 unspecified atom stereocenters. The summed E-state index contributed by atoms with van der Waals surface area (Å²) < 4.78 is 9.17. The molecule has 15 heavy (non-hydrogen) atoms. The number of aliphatic hydroxyl groups excluding tert-OH is 2. The van der Waals surface area contributed by atoms with Gasteiger partial charge in [-0.2, -0.15) is 9.97 Å². The largest absolute Gasteiger partial charge is 0.434 e. The van der Waals surface area contributed by atoms with Crippen molar-refractivity contribution < 1.29 is 24.8 Å². The first kappa shape index (κ1) is 11.6. The van der Waals surface area contributed by atoms with E-state index >= 15 is 0 Å². The quantitative estimate of drug-likeness (QED) is 0.524. The van der Waals surface area contributed by atoms with Crippen molar-refractivity contribution in [2.45, 2.75) is 26.6 Å². The zero-order valence-corrected chi connectivity index (χ0v) is 8.15. The van der Waals surface area contributed by atoms with Crippen LogP contribution in [0.25, 0.3) is 0 Å². The molecule has 3 N–H and O–H groups in total. The van der Waals surface area contributed by atoms with E-state index in [-0.39, 0.29) is 17.8 Å². The highest BCUT2D eigenvalue weighted by molar-refractivity contribution is 5.04. The number of rotatable bonds is 4. The van der Waals surface area contributed by atoms with Gasteiger partial charge >= 0.3 is 18.5 Å². The molecule has 0 fully saturated rings. The lowest BCUT2D eigenvalue weighted by Gasteiger charge is -2.09. The minimum absolute atomic E-state index is 0.159. The normalized spacial score (nSPS) is 12.7. The first-order valence-corrected chi connectivity index (χ1v) is 4.07. The average Bonchev–Trinajstić information content (AvgIpc) is 1.98. The molecule has 1 aromatic heterocycles. The first-order chi connectivity index (χ1) is 6.97. The number of aliphatic hydroxyl groups is 3. The molecule has 0 saturated heterocycles. The molecule has 0 bridgehead atoms. The predicted octanol–water partition coefficient (Wildman–Crippen LogP) is -1.46. The average molecular weight is 217 g/mol. The van der Waals surface area contributed by atoms with E-state index in [9.17, 15) is 0 Å². The number of ether oxygens (including phenoxy) is 2. The van der Waals surface area contributed by atoms with Gasteiger partial charge in [0.2, 0.25) is 0 Å². The van der Waals surface area contributed by atoms with Crippen molar-refractivity contribution in [2.75, 3.05) is 0 Å². The van der Waals surface area contributed by atoms with Gasteiger partial charge in [0.1, 0.15) is 5.82 Å². The summed E-state index contributed by atoms with van der Waals surface area (Å²) >= 11 is 0. The lowest BCUT2D eigenvalue weighted by atomic mass is 10.7. The summed E-state index contributed by atoms with van der Waals surface area (Å²) in [5.41, 5.74) is 0. The van der Waals surface area contributed by atoms with Crippen LogP contribution in [0.3, 0.4) is 0 Å². The molecule has 0 amide bonds. The Bertz CT molecular complexity index is 302. The third-order valence-corrected chi connectivity index (χ3v) is 1.19. The van der Waals surface area contributed by atoms with E-state index in [4.69, 9.17) is 20.1 Å². The minimum Gasteiger partial charge on any atom is -0.434 e. The minimum atomic E-state index is -2.02. The van der Waals surface area contributed by atoms with Gasteiger partial charge in [0.25, 0.3) is 0 Å². The summed E-state index contributed by atoms with van der Waals surface area (Å²) in [4.78, 5) is 11.0. The Morgan fingerprint density at radius 3 is 2.00 bits per heavy atom. The molecule has 0 aliphatic heterocycles. The predicted molar refractivity (Wildman–Crippen MR) is 45.7 cm³/mol. The van der Waals surface area contributed by atoms with Crippen molar-refractivity contribution in [3.8, 4) is 12.0 Å². The van der Waals surface area contributed by atoms with Gasteiger partial charge in [-0.15, -0.1) is 4.98 Å². The molecule has 0 saturated carbocycles. The summed E-state index contributed by atoms with van der Waals surface area (Å²) in [7, 11) is 0. The van der Waals surface area contributed by atoms with Crippen LogP contribution in [-0.2, 0) is 0 Å². The van der Waals surface area contributed by atoms with Gasteiger partial charge in [-0.05, 0) is 13.8 Å². The first-order valence-electron chi connectivity index (χ1n) is 4.07. The van der Waals surface area contributed by atoms with Crippen molar-refractivity contribution in [1.29, 1.82) is 0 Å². The highest BCUT2D eigenvalue weighted by Gasteiger charge is 2.10. The van der Waals surface area contributed by atoms with Gasteiger partial charge in [0.15, 0.2) is 6.29 Å². The molecule has 84 valence electrons. The Morgan fingerprint density at radius 1 is 1.00 bits per heavy atom. The highest BCUT2D eigenvalue weighted by atomic mass is 16.7. The van der Waals surface area contributed by atoms with Crippen LogP contribution in [0.15, 0.2) is 0 Å². The number of aryl methyl sites for hydroxylation is 1. The van der Waals surface area contributed by atoms with E-state index in [1.807, 2.05) is 0 Å². The summed E-state index contributed by atoms with van der Waals surface area (Å²) in [5, 5.41) is 25.9. The SMILES string of the molecule is Cc1nc(OC(C)O)nc(OC(O)O)n1. The molecule has 0 radical (unpaired) electrons. The number of hydrogen-bond acceptors (Lipinski definition) is 8. The van der Waals surface area contributed by atoms with E-state index in [1.165, 1.54) is 13.8 Å². The lowest BCUT2D eigenvalue weighted by Crippen LogP contribution is -2.18. The fourth-order valence-electron chi connectivity index (χ4n) is 0.786. The van der Waals surface area contributed by atoms with E-state index in [0.29, 0.717) is 0 Å². The van der Waals surface area contributed by atoms with Crippen molar-refractivity contribution in [3.05, 3.63) is 5.82 Å². The van der Waals surface area contributed by atoms with E-state index in [0.717, 1.165) is 0 Å².